The van der Waals surface area contributed by atoms with E-state index in [9.17, 15) is 19.5 Å². The van der Waals surface area contributed by atoms with Crippen LogP contribution in [0.25, 0.3) is 11.1 Å². The highest BCUT2D eigenvalue weighted by Crippen LogP contribution is 2.44. The summed E-state index contributed by atoms with van der Waals surface area (Å²) in [4.78, 5) is 35.7. The van der Waals surface area contributed by atoms with E-state index in [-0.39, 0.29) is 35.4 Å². The molecule has 2 amide bonds. The van der Waals surface area contributed by atoms with Crippen molar-refractivity contribution in [3.8, 4) is 11.1 Å². The Morgan fingerprint density at radius 2 is 1.63 bits per heavy atom. The van der Waals surface area contributed by atoms with Crippen LogP contribution in [-0.2, 0) is 9.53 Å². The number of carbonyl (C=O) groups is 3. The molecule has 0 atom stereocenters. The lowest BCUT2D eigenvalue weighted by molar-refractivity contribution is -0.113. The Hall–Kier alpha value is -3.30. The van der Waals surface area contributed by atoms with Crippen molar-refractivity contribution in [3.05, 3.63) is 87.9 Å². The number of carboxylic acid groups (broad SMARTS) is 1. The number of rotatable bonds is 9. The van der Waals surface area contributed by atoms with Gasteiger partial charge in [0.2, 0.25) is 5.91 Å². The van der Waals surface area contributed by atoms with Crippen LogP contribution in [0.1, 0.15) is 27.4 Å². The van der Waals surface area contributed by atoms with Crippen LogP contribution in [0, 0.1) is 0 Å². The number of thioether (sulfide) groups is 1. The number of hydrogen-bond donors (Lipinski definition) is 3. The molecule has 7 nitrogen and oxygen atoms in total. The molecule has 35 heavy (non-hydrogen) atoms. The first-order valence-corrected chi connectivity index (χ1v) is 12.9. The largest absolute Gasteiger partial charge is 0.478 e. The van der Waals surface area contributed by atoms with Gasteiger partial charge in [0.15, 0.2) is 0 Å². The van der Waals surface area contributed by atoms with Gasteiger partial charge in [0, 0.05) is 22.7 Å². The summed E-state index contributed by atoms with van der Waals surface area (Å²) in [5.41, 5.74) is 4.90. The average Bonchev–Trinajstić information content (AvgIpc) is 3.17. The van der Waals surface area contributed by atoms with Gasteiger partial charge in [0.25, 0.3) is 0 Å². The first-order chi connectivity index (χ1) is 16.9. The van der Waals surface area contributed by atoms with Crippen molar-refractivity contribution in [2.24, 2.45) is 0 Å². The molecule has 3 aromatic rings. The van der Waals surface area contributed by atoms with Crippen LogP contribution in [0.2, 0.25) is 0 Å². The highest BCUT2D eigenvalue weighted by molar-refractivity contribution is 9.10. The predicted octanol–water partition coefficient (Wildman–Crippen LogP) is 5.36. The number of nitrogens with one attached hydrogen (secondary N) is 2. The van der Waals surface area contributed by atoms with E-state index < -0.39 is 12.1 Å². The highest BCUT2D eigenvalue weighted by atomic mass is 79.9. The van der Waals surface area contributed by atoms with Gasteiger partial charge in [-0.25, -0.2) is 9.59 Å². The van der Waals surface area contributed by atoms with Gasteiger partial charge >= 0.3 is 12.1 Å². The minimum atomic E-state index is -1.12. The molecule has 1 aliphatic carbocycles. The summed E-state index contributed by atoms with van der Waals surface area (Å²) in [6.07, 6.45) is -0.502. The van der Waals surface area contributed by atoms with Crippen LogP contribution in [-0.4, -0.2) is 47.7 Å². The van der Waals surface area contributed by atoms with E-state index in [1.807, 2.05) is 24.3 Å². The number of fused-ring (bicyclic) bond motifs is 3. The van der Waals surface area contributed by atoms with E-state index in [0.29, 0.717) is 16.8 Å². The zero-order chi connectivity index (χ0) is 24.8. The molecule has 0 bridgehead atoms. The van der Waals surface area contributed by atoms with E-state index in [1.54, 1.807) is 6.07 Å². The third-order valence-electron chi connectivity index (χ3n) is 5.58. The molecule has 3 N–H and O–H groups in total. The van der Waals surface area contributed by atoms with Gasteiger partial charge < -0.3 is 20.5 Å². The Balaban J connectivity index is 1.19. The number of halogens is 1. The Morgan fingerprint density at radius 3 is 2.29 bits per heavy atom. The van der Waals surface area contributed by atoms with Crippen LogP contribution in [0.5, 0.6) is 0 Å². The van der Waals surface area contributed by atoms with Crippen LogP contribution >= 0.6 is 27.7 Å². The lowest BCUT2D eigenvalue weighted by atomic mass is 9.98. The number of benzene rings is 3. The van der Waals surface area contributed by atoms with Gasteiger partial charge in [-0.1, -0.05) is 64.5 Å². The van der Waals surface area contributed by atoms with Crippen LogP contribution in [0.15, 0.2) is 71.2 Å². The standard InChI is InChI=1S/C26H23BrN2O5S/c27-16-9-10-23(21(13-16)25(31)32)29-24(30)15-35-12-11-28-26(33)34-14-22-19-7-3-1-5-17(19)18-6-2-4-8-20(18)22/h1-10,13,22H,11-12,14-15H2,(H,28,33)(H,29,30)(H,31,32). The molecule has 0 radical (unpaired) electrons. The van der Waals surface area contributed by atoms with E-state index in [4.69, 9.17) is 4.74 Å². The van der Waals surface area contributed by atoms with Crippen molar-refractivity contribution in [2.75, 3.05) is 30.0 Å². The van der Waals surface area contributed by atoms with Gasteiger partial charge in [-0.15, -0.1) is 0 Å². The minimum Gasteiger partial charge on any atom is -0.478 e. The van der Waals surface area contributed by atoms with Gasteiger partial charge in [0.1, 0.15) is 6.61 Å². The second-order valence-electron chi connectivity index (χ2n) is 7.85. The molecule has 0 unspecified atom stereocenters. The molecule has 0 fully saturated rings. The number of ether oxygens (including phenoxy) is 1. The van der Waals surface area contributed by atoms with Crippen molar-refractivity contribution in [1.29, 1.82) is 0 Å². The fourth-order valence-corrected chi connectivity index (χ4v) is 5.04. The highest BCUT2D eigenvalue weighted by Gasteiger charge is 2.28. The molecule has 0 aliphatic heterocycles. The second kappa shape index (κ2) is 11.4. The predicted molar refractivity (Wildman–Crippen MR) is 140 cm³/mol. The Bertz CT molecular complexity index is 1220. The summed E-state index contributed by atoms with van der Waals surface area (Å²) in [6.45, 7) is 0.585. The van der Waals surface area contributed by atoms with Gasteiger partial charge in [-0.05, 0) is 40.5 Å². The van der Waals surface area contributed by atoms with Crippen molar-refractivity contribution < 1.29 is 24.2 Å². The minimum absolute atomic E-state index is 0.000485. The fraction of sp³-hybridized carbons (Fsp3) is 0.192. The fourth-order valence-electron chi connectivity index (χ4n) is 4.03. The van der Waals surface area contributed by atoms with Crippen molar-refractivity contribution in [1.82, 2.24) is 5.32 Å². The number of carbonyl (C=O) groups excluding carboxylic acids is 2. The van der Waals surface area contributed by atoms with E-state index in [2.05, 4.69) is 50.8 Å². The summed E-state index contributed by atoms with van der Waals surface area (Å²) < 4.78 is 6.11. The maximum atomic E-state index is 12.2. The van der Waals surface area contributed by atoms with Crippen molar-refractivity contribution in [3.63, 3.8) is 0 Å². The number of carboxylic acids is 1. The summed E-state index contributed by atoms with van der Waals surface area (Å²) in [7, 11) is 0. The van der Waals surface area contributed by atoms with Gasteiger partial charge in [-0.3, -0.25) is 4.79 Å². The maximum Gasteiger partial charge on any atom is 0.407 e. The lowest BCUT2D eigenvalue weighted by Crippen LogP contribution is -2.28. The molecule has 0 aromatic heterocycles. The Morgan fingerprint density at radius 1 is 0.971 bits per heavy atom. The summed E-state index contributed by atoms with van der Waals surface area (Å²) in [5, 5.41) is 14.6. The Labute approximate surface area is 215 Å². The molecule has 0 heterocycles. The first-order valence-electron chi connectivity index (χ1n) is 10.9. The zero-order valence-electron chi connectivity index (χ0n) is 18.6. The molecule has 9 heteroatoms. The second-order valence-corrected chi connectivity index (χ2v) is 9.87. The molecular weight excluding hydrogens is 532 g/mol. The third-order valence-corrected chi connectivity index (χ3v) is 7.03. The van der Waals surface area contributed by atoms with E-state index in [0.717, 1.165) is 11.1 Å². The molecule has 4 rings (SSSR count). The maximum absolute atomic E-state index is 12.2. The first kappa shape index (κ1) is 24.8. The molecular formula is C26H23BrN2O5S. The van der Waals surface area contributed by atoms with E-state index >= 15 is 0 Å². The topological polar surface area (TPSA) is 105 Å². The smallest absolute Gasteiger partial charge is 0.407 e. The molecule has 0 saturated heterocycles. The summed E-state index contributed by atoms with van der Waals surface area (Å²) in [5.74, 6) is -0.811. The number of alkyl carbamates (subject to hydrolysis) is 1. The SMILES string of the molecule is O=C(CSCCNC(=O)OCC1c2ccccc2-c2ccccc21)Nc1ccc(Br)cc1C(=O)O. The molecule has 180 valence electrons. The number of amides is 2. The average molecular weight is 555 g/mol. The quantitative estimate of drug-likeness (QED) is 0.307. The zero-order valence-corrected chi connectivity index (χ0v) is 21.0. The Kier molecular flexibility index (Phi) is 8.09. The monoisotopic (exact) mass is 554 g/mol. The number of aromatic carboxylic acids is 1. The van der Waals surface area contributed by atoms with Gasteiger partial charge in [0.05, 0.1) is 17.0 Å². The van der Waals surface area contributed by atoms with Gasteiger partial charge in [-0.2, -0.15) is 11.8 Å². The number of anilines is 1. The number of hydrogen-bond acceptors (Lipinski definition) is 5. The van der Waals surface area contributed by atoms with Crippen LogP contribution in [0.4, 0.5) is 10.5 Å². The summed E-state index contributed by atoms with van der Waals surface area (Å²) in [6, 6.07) is 20.9. The van der Waals surface area contributed by atoms with E-state index in [1.165, 1.54) is 35.0 Å². The molecule has 0 saturated carbocycles. The van der Waals surface area contributed by atoms with Crippen LogP contribution in [0.3, 0.4) is 0 Å². The van der Waals surface area contributed by atoms with Crippen LogP contribution < -0.4 is 10.6 Å². The normalized spacial score (nSPS) is 11.9. The molecule has 1 aliphatic rings. The molecule has 3 aromatic carbocycles. The summed E-state index contributed by atoms with van der Waals surface area (Å²) >= 11 is 4.55. The lowest BCUT2D eigenvalue weighted by Gasteiger charge is -2.14. The van der Waals surface area contributed by atoms with Crippen molar-refractivity contribution in [2.45, 2.75) is 5.92 Å². The molecule has 0 spiro atoms. The third kappa shape index (κ3) is 6.04. The van der Waals surface area contributed by atoms with Crippen molar-refractivity contribution >= 4 is 51.3 Å².